The fourth-order valence-corrected chi connectivity index (χ4v) is 10.1. The fourth-order valence-electron chi connectivity index (χ4n) is 10.1. The molecule has 0 bridgehead atoms. The van der Waals surface area contributed by atoms with E-state index in [1.165, 1.54) is 111 Å². The van der Waals surface area contributed by atoms with Gasteiger partial charge in [0.15, 0.2) is 0 Å². The van der Waals surface area contributed by atoms with Crippen molar-refractivity contribution < 1.29 is 0 Å². The van der Waals surface area contributed by atoms with Crippen molar-refractivity contribution in [2.45, 2.75) is 18.3 Å². The Hall–Kier alpha value is -6.50. The summed E-state index contributed by atoms with van der Waals surface area (Å²) in [6.07, 6.45) is 0.997. The summed E-state index contributed by atoms with van der Waals surface area (Å²) in [5.41, 5.74) is 22.1. The Labute approximate surface area is 309 Å². The highest BCUT2D eigenvalue weighted by Crippen LogP contribution is 2.56. The first kappa shape index (κ1) is 29.1. The van der Waals surface area contributed by atoms with E-state index in [2.05, 4.69) is 182 Å². The Morgan fingerprint density at radius 1 is 0.321 bits per heavy atom. The molecule has 0 heterocycles. The maximum absolute atomic E-state index is 2.50. The molecule has 0 amide bonds. The van der Waals surface area contributed by atoms with Gasteiger partial charge in [-0.05, 0) is 129 Å². The first-order valence-corrected chi connectivity index (χ1v) is 18.9. The maximum Gasteiger partial charge on any atom is 0.0358 e. The van der Waals surface area contributed by atoms with Crippen molar-refractivity contribution in [2.24, 2.45) is 0 Å². The smallest absolute Gasteiger partial charge is 0.0358 e. The molecule has 2 atom stereocenters. The van der Waals surface area contributed by atoms with E-state index in [9.17, 15) is 0 Å². The normalized spacial score (nSPS) is 15.8. The highest BCUT2D eigenvalue weighted by atomic mass is 14.4. The molecule has 0 saturated heterocycles. The molecule has 2 unspecified atom stereocenters. The molecule has 0 nitrogen and oxygen atoms in total. The van der Waals surface area contributed by atoms with Crippen LogP contribution in [0.2, 0.25) is 0 Å². The predicted octanol–water partition coefficient (Wildman–Crippen LogP) is 13.6. The molecule has 3 aliphatic rings. The number of rotatable bonds is 3. The lowest BCUT2D eigenvalue weighted by atomic mass is 9.85. The van der Waals surface area contributed by atoms with Crippen LogP contribution in [0.3, 0.4) is 0 Å². The molecule has 0 N–H and O–H groups in total. The Kier molecular flexibility index (Phi) is 6.04. The number of benzene rings is 9. The van der Waals surface area contributed by atoms with Gasteiger partial charge >= 0.3 is 0 Å². The Balaban J connectivity index is 1.05. The third kappa shape index (κ3) is 4.18. The second-order valence-electron chi connectivity index (χ2n) is 15.1. The number of fused-ring (bicyclic) bond motifs is 12. The van der Waals surface area contributed by atoms with E-state index in [-0.39, 0.29) is 11.8 Å². The second kappa shape index (κ2) is 11.0. The van der Waals surface area contributed by atoms with Crippen LogP contribution in [0, 0.1) is 0 Å². The van der Waals surface area contributed by atoms with Gasteiger partial charge in [0.05, 0.1) is 0 Å². The minimum absolute atomic E-state index is 0.185. The van der Waals surface area contributed by atoms with Gasteiger partial charge in [-0.1, -0.05) is 170 Å². The highest BCUT2D eigenvalue weighted by molar-refractivity contribution is 5.99. The van der Waals surface area contributed by atoms with Gasteiger partial charge in [0.25, 0.3) is 0 Å². The molecular formula is C53H34. The lowest BCUT2D eigenvalue weighted by molar-refractivity contribution is 1.02. The summed E-state index contributed by atoms with van der Waals surface area (Å²) in [6.45, 7) is 0. The van der Waals surface area contributed by atoms with E-state index >= 15 is 0 Å². The van der Waals surface area contributed by atoms with Crippen LogP contribution in [0.4, 0.5) is 0 Å². The molecule has 53 heavy (non-hydrogen) atoms. The van der Waals surface area contributed by atoms with Crippen LogP contribution < -0.4 is 0 Å². The van der Waals surface area contributed by atoms with E-state index in [1.807, 2.05) is 0 Å². The SMILES string of the molecule is c1ccc2c(c1)Cc1ccc3c(c1-2)-c1cc(-c2ccc4c(c2)-c2ccccc2C4c2cccc4ccccc24)ccc1C3c1ccc2ccccc2c1. The number of hydrogen-bond donors (Lipinski definition) is 0. The summed E-state index contributed by atoms with van der Waals surface area (Å²) in [5, 5.41) is 5.21. The maximum atomic E-state index is 2.50. The van der Waals surface area contributed by atoms with E-state index in [1.54, 1.807) is 0 Å². The van der Waals surface area contributed by atoms with Crippen molar-refractivity contribution in [3.63, 3.8) is 0 Å². The molecule has 0 aliphatic heterocycles. The van der Waals surface area contributed by atoms with Crippen molar-refractivity contribution in [1.82, 2.24) is 0 Å². The van der Waals surface area contributed by atoms with Crippen LogP contribution in [0.25, 0.3) is 66.1 Å². The molecule has 12 rings (SSSR count). The van der Waals surface area contributed by atoms with Crippen LogP contribution >= 0.6 is 0 Å². The molecular weight excluding hydrogens is 637 g/mol. The van der Waals surface area contributed by atoms with E-state index < -0.39 is 0 Å². The first-order chi connectivity index (χ1) is 26.3. The number of hydrogen-bond acceptors (Lipinski definition) is 0. The Morgan fingerprint density at radius 2 is 0.962 bits per heavy atom. The van der Waals surface area contributed by atoms with Crippen LogP contribution in [0.5, 0.6) is 0 Å². The lowest BCUT2D eigenvalue weighted by Crippen LogP contribution is -2.00. The van der Waals surface area contributed by atoms with Crippen molar-refractivity contribution in [3.05, 3.63) is 226 Å². The van der Waals surface area contributed by atoms with Crippen LogP contribution in [-0.2, 0) is 6.42 Å². The summed E-state index contributed by atoms with van der Waals surface area (Å²) in [4.78, 5) is 0. The Bertz CT molecular complexity index is 2990. The molecule has 246 valence electrons. The van der Waals surface area contributed by atoms with Gasteiger partial charge in [-0.3, -0.25) is 0 Å². The minimum atomic E-state index is 0.185. The van der Waals surface area contributed by atoms with Gasteiger partial charge in [0.2, 0.25) is 0 Å². The lowest BCUT2D eigenvalue weighted by Gasteiger charge is -2.17. The molecule has 0 radical (unpaired) electrons. The zero-order valence-corrected chi connectivity index (χ0v) is 29.2. The summed E-state index contributed by atoms with van der Waals surface area (Å²) >= 11 is 0. The first-order valence-electron chi connectivity index (χ1n) is 18.9. The molecule has 0 heteroatoms. The van der Waals surface area contributed by atoms with E-state index in [4.69, 9.17) is 0 Å². The molecule has 0 fully saturated rings. The van der Waals surface area contributed by atoms with Gasteiger partial charge in [0.1, 0.15) is 0 Å². The molecule has 3 aliphatic carbocycles. The van der Waals surface area contributed by atoms with Crippen LogP contribution in [0.15, 0.2) is 182 Å². The van der Waals surface area contributed by atoms with Gasteiger partial charge < -0.3 is 0 Å². The Morgan fingerprint density at radius 3 is 1.85 bits per heavy atom. The summed E-state index contributed by atoms with van der Waals surface area (Å²) in [5.74, 6) is 0.392. The average molecular weight is 671 g/mol. The quantitative estimate of drug-likeness (QED) is 0.175. The van der Waals surface area contributed by atoms with Crippen molar-refractivity contribution in [1.29, 1.82) is 0 Å². The summed E-state index contributed by atoms with van der Waals surface area (Å²) in [7, 11) is 0. The third-order valence-corrected chi connectivity index (χ3v) is 12.4. The van der Waals surface area contributed by atoms with E-state index in [0.29, 0.717) is 0 Å². The zero-order chi connectivity index (χ0) is 34.6. The molecule has 9 aromatic carbocycles. The van der Waals surface area contributed by atoms with Gasteiger partial charge in [0, 0.05) is 11.8 Å². The van der Waals surface area contributed by atoms with E-state index in [0.717, 1.165) is 6.42 Å². The predicted molar refractivity (Wildman–Crippen MR) is 221 cm³/mol. The molecule has 0 spiro atoms. The van der Waals surface area contributed by atoms with Crippen molar-refractivity contribution in [2.75, 3.05) is 0 Å². The molecule has 0 saturated carbocycles. The topological polar surface area (TPSA) is 0 Å². The van der Waals surface area contributed by atoms with Crippen LogP contribution in [0.1, 0.15) is 56.3 Å². The monoisotopic (exact) mass is 670 g/mol. The average Bonchev–Trinajstić information content (AvgIpc) is 3.87. The van der Waals surface area contributed by atoms with Gasteiger partial charge in [-0.25, -0.2) is 0 Å². The van der Waals surface area contributed by atoms with Gasteiger partial charge in [-0.15, -0.1) is 0 Å². The fraction of sp³-hybridized carbons (Fsp3) is 0.0566. The zero-order valence-electron chi connectivity index (χ0n) is 29.2. The molecule has 0 aromatic heterocycles. The standard InChI is InChI=1S/C53H34/c1-2-12-34-28-38(21-20-32(34)10-1)50-46-26-23-36(31-49(46)53-47(50)27-24-39-29-37-13-4-6-16-41(37)51(39)53)35-22-25-45-48(30-35)42-17-7-8-18-44(42)52(45)43-19-9-14-33-11-3-5-15-40(33)43/h1-28,30-31,50,52H,29H2. The van der Waals surface area contributed by atoms with Crippen LogP contribution in [-0.4, -0.2) is 0 Å². The highest BCUT2D eigenvalue weighted by Gasteiger charge is 2.36. The largest absolute Gasteiger partial charge is 0.0619 e. The molecule has 9 aromatic rings. The van der Waals surface area contributed by atoms with Crippen molar-refractivity contribution >= 4 is 21.5 Å². The second-order valence-corrected chi connectivity index (χ2v) is 15.1. The summed E-state index contributed by atoms with van der Waals surface area (Å²) < 4.78 is 0. The minimum Gasteiger partial charge on any atom is -0.0619 e. The summed E-state index contributed by atoms with van der Waals surface area (Å²) in [6, 6.07) is 68.8. The third-order valence-electron chi connectivity index (χ3n) is 12.4. The van der Waals surface area contributed by atoms with Crippen molar-refractivity contribution in [3.8, 4) is 44.5 Å². The van der Waals surface area contributed by atoms with Gasteiger partial charge in [-0.2, -0.15) is 0 Å².